The van der Waals surface area contributed by atoms with E-state index in [4.69, 9.17) is 27.9 Å². The number of alkyl halides is 2. The van der Waals surface area contributed by atoms with Gasteiger partial charge in [0.1, 0.15) is 0 Å². The summed E-state index contributed by atoms with van der Waals surface area (Å²) >= 11 is 11.7. The fraction of sp³-hybridized carbons (Fsp3) is 0.875. The molecule has 0 amide bonds. The molecule has 0 radical (unpaired) electrons. The van der Waals surface area contributed by atoms with Gasteiger partial charge in [-0.25, -0.2) is 0 Å². The van der Waals surface area contributed by atoms with E-state index >= 15 is 0 Å². The van der Waals surface area contributed by atoms with Crippen molar-refractivity contribution >= 4 is 29.0 Å². The highest BCUT2D eigenvalue weighted by Crippen LogP contribution is 2.58. The zero-order valence-electron chi connectivity index (χ0n) is 6.30. The van der Waals surface area contributed by atoms with Crippen molar-refractivity contribution in [3.05, 3.63) is 0 Å². The molecule has 4 atom stereocenters. The summed E-state index contributed by atoms with van der Waals surface area (Å²) in [5.41, 5.74) is 0. The van der Waals surface area contributed by atoms with Crippen LogP contribution >= 0.6 is 23.2 Å². The number of rotatable bonds is 0. The van der Waals surface area contributed by atoms with Gasteiger partial charge in [0, 0.05) is 11.8 Å². The largest absolute Gasteiger partial charge is 0.370 e. The number of ketones is 1. The zero-order chi connectivity index (χ0) is 8.51. The van der Waals surface area contributed by atoms with Gasteiger partial charge >= 0.3 is 0 Å². The topological polar surface area (TPSA) is 29.6 Å². The molecule has 1 aliphatic heterocycles. The molecule has 0 aromatic heterocycles. The summed E-state index contributed by atoms with van der Waals surface area (Å²) in [6.07, 6.45) is 2.39. The van der Waals surface area contributed by atoms with Crippen LogP contribution in [0.25, 0.3) is 0 Å². The van der Waals surface area contributed by atoms with Crippen molar-refractivity contribution in [1.29, 1.82) is 0 Å². The van der Waals surface area contributed by atoms with Crippen molar-refractivity contribution in [2.75, 3.05) is 0 Å². The van der Waals surface area contributed by atoms with Gasteiger partial charge in [-0.2, -0.15) is 0 Å². The minimum Gasteiger partial charge on any atom is -0.370 e. The molecule has 0 spiro atoms. The van der Waals surface area contributed by atoms with Gasteiger partial charge in [-0.3, -0.25) is 4.79 Å². The number of epoxide rings is 1. The van der Waals surface area contributed by atoms with Crippen LogP contribution in [0.5, 0.6) is 0 Å². The minimum absolute atomic E-state index is 0.00443. The van der Waals surface area contributed by atoms with Crippen molar-refractivity contribution in [3.8, 4) is 0 Å². The molecule has 3 fully saturated rings. The summed E-state index contributed by atoms with van der Waals surface area (Å²) in [5, 5.41) is 0. The molecule has 1 saturated heterocycles. The second kappa shape index (κ2) is 1.99. The van der Waals surface area contributed by atoms with E-state index in [-0.39, 0.29) is 17.6 Å². The third kappa shape index (κ3) is 0.740. The summed E-state index contributed by atoms with van der Waals surface area (Å²) in [5.74, 6) is 0.241. The standard InChI is InChI=1S/C8H8Cl2O2/c9-8(10)4-2-6-5(12-6)1-3(4)7(8)11/h3-6H,1-2H2. The van der Waals surface area contributed by atoms with Crippen LogP contribution in [0.3, 0.4) is 0 Å². The Morgan fingerprint density at radius 3 is 2.75 bits per heavy atom. The van der Waals surface area contributed by atoms with Gasteiger partial charge in [0.2, 0.25) is 0 Å². The van der Waals surface area contributed by atoms with Gasteiger partial charge in [0.25, 0.3) is 0 Å². The molecule has 2 aliphatic carbocycles. The van der Waals surface area contributed by atoms with Crippen LogP contribution in [0.1, 0.15) is 12.8 Å². The number of hydrogen-bond donors (Lipinski definition) is 0. The van der Waals surface area contributed by atoms with Crippen LogP contribution < -0.4 is 0 Å². The van der Waals surface area contributed by atoms with Gasteiger partial charge in [-0.15, -0.1) is 0 Å². The van der Waals surface area contributed by atoms with Crippen LogP contribution in [-0.4, -0.2) is 22.3 Å². The molecular weight excluding hydrogens is 199 g/mol. The molecule has 2 nitrogen and oxygen atoms in total. The normalized spacial score (nSPS) is 53.7. The number of fused-ring (bicyclic) bond motifs is 2. The van der Waals surface area contributed by atoms with E-state index in [2.05, 4.69) is 0 Å². The molecule has 3 aliphatic rings. The van der Waals surface area contributed by atoms with Crippen molar-refractivity contribution in [3.63, 3.8) is 0 Å². The van der Waals surface area contributed by atoms with Gasteiger partial charge in [0.15, 0.2) is 10.1 Å². The number of ether oxygens (including phenoxy) is 1. The summed E-state index contributed by atoms with van der Waals surface area (Å²) in [6.45, 7) is 0. The predicted molar refractivity (Wildman–Crippen MR) is 44.3 cm³/mol. The SMILES string of the molecule is O=C1C2CC3OC3CC2C1(Cl)Cl. The monoisotopic (exact) mass is 206 g/mol. The van der Waals surface area contributed by atoms with Crippen molar-refractivity contribution in [2.24, 2.45) is 11.8 Å². The maximum Gasteiger partial charge on any atom is 0.179 e. The summed E-state index contributed by atoms with van der Waals surface area (Å²) < 4.78 is 4.24. The Morgan fingerprint density at radius 2 is 2.00 bits per heavy atom. The molecule has 12 heavy (non-hydrogen) atoms. The highest BCUT2D eigenvalue weighted by molar-refractivity contribution is 6.60. The van der Waals surface area contributed by atoms with E-state index in [0.717, 1.165) is 12.8 Å². The van der Waals surface area contributed by atoms with E-state index in [1.165, 1.54) is 0 Å². The second-order valence-electron chi connectivity index (χ2n) is 3.88. The molecule has 3 rings (SSSR count). The Hall–Kier alpha value is 0.210. The fourth-order valence-electron chi connectivity index (χ4n) is 2.45. The maximum absolute atomic E-state index is 11.4. The quantitative estimate of drug-likeness (QED) is 0.445. The first-order valence-electron chi connectivity index (χ1n) is 4.18. The number of hydrogen-bond acceptors (Lipinski definition) is 2. The van der Waals surface area contributed by atoms with Crippen LogP contribution in [-0.2, 0) is 9.53 Å². The maximum atomic E-state index is 11.4. The molecule has 2 saturated carbocycles. The fourth-order valence-corrected chi connectivity index (χ4v) is 3.21. The molecule has 0 bridgehead atoms. The molecule has 0 aromatic carbocycles. The highest BCUT2D eigenvalue weighted by atomic mass is 35.5. The van der Waals surface area contributed by atoms with E-state index in [1.54, 1.807) is 0 Å². The molecule has 4 unspecified atom stereocenters. The smallest absolute Gasteiger partial charge is 0.179 e. The predicted octanol–water partition coefficient (Wildman–Crippen LogP) is 1.54. The molecule has 66 valence electrons. The van der Waals surface area contributed by atoms with Crippen LogP contribution in [0, 0.1) is 11.8 Å². The van der Waals surface area contributed by atoms with Gasteiger partial charge in [-0.05, 0) is 12.8 Å². The Morgan fingerprint density at radius 1 is 1.33 bits per heavy atom. The Balaban J connectivity index is 1.87. The Labute approximate surface area is 80.2 Å². The zero-order valence-corrected chi connectivity index (χ0v) is 7.81. The molecular formula is C8H8Cl2O2. The van der Waals surface area contributed by atoms with E-state index in [9.17, 15) is 4.79 Å². The molecule has 0 aromatic rings. The lowest BCUT2D eigenvalue weighted by molar-refractivity contribution is -0.137. The minimum atomic E-state index is -1.10. The average Bonchev–Trinajstić information content (AvgIpc) is 2.79. The number of carbonyl (C=O) groups excluding carboxylic acids is 1. The third-order valence-corrected chi connectivity index (χ3v) is 4.21. The summed E-state index contributed by atoms with van der Waals surface area (Å²) in [4.78, 5) is 11.4. The van der Waals surface area contributed by atoms with Crippen molar-refractivity contribution in [1.82, 2.24) is 0 Å². The summed E-state index contributed by atoms with van der Waals surface area (Å²) in [7, 11) is 0. The number of carbonyl (C=O) groups is 1. The van der Waals surface area contributed by atoms with Crippen LogP contribution in [0.4, 0.5) is 0 Å². The number of halogens is 2. The van der Waals surface area contributed by atoms with Gasteiger partial charge < -0.3 is 4.74 Å². The third-order valence-electron chi connectivity index (χ3n) is 3.28. The van der Waals surface area contributed by atoms with E-state index in [0.29, 0.717) is 12.2 Å². The first kappa shape index (κ1) is 7.60. The lowest BCUT2D eigenvalue weighted by Gasteiger charge is -2.46. The van der Waals surface area contributed by atoms with Crippen molar-refractivity contribution in [2.45, 2.75) is 29.4 Å². The first-order valence-corrected chi connectivity index (χ1v) is 4.94. The van der Waals surface area contributed by atoms with E-state index < -0.39 is 4.33 Å². The lowest BCUT2D eigenvalue weighted by Crippen LogP contribution is -2.58. The molecule has 1 heterocycles. The Kier molecular flexibility index (Phi) is 1.26. The van der Waals surface area contributed by atoms with Crippen LogP contribution in [0.2, 0.25) is 0 Å². The highest BCUT2D eigenvalue weighted by Gasteiger charge is 2.66. The second-order valence-corrected chi connectivity index (χ2v) is 5.27. The van der Waals surface area contributed by atoms with Crippen LogP contribution in [0.15, 0.2) is 0 Å². The Bertz CT molecular complexity index is 264. The van der Waals surface area contributed by atoms with Gasteiger partial charge in [-0.1, -0.05) is 23.2 Å². The molecule has 4 heteroatoms. The van der Waals surface area contributed by atoms with Gasteiger partial charge in [0.05, 0.1) is 12.2 Å². The molecule has 0 N–H and O–H groups in total. The van der Waals surface area contributed by atoms with E-state index in [1.807, 2.05) is 0 Å². The average molecular weight is 207 g/mol. The lowest BCUT2D eigenvalue weighted by atomic mass is 9.64. The van der Waals surface area contributed by atoms with Crippen molar-refractivity contribution < 1.29 is 9.53 Å². The first-order chi connectivity index (χ1) is 5.60. The summed E-state index contributed by atoms with van der Waals surface area (Å²) in [6, 6.07) is 0. The number of Topliss-reactive ketones (excluding diaryl/α,β-unsaturated/α-hetero) is 1.